The van der Waals surface area contributed by atoms with Crippen LogP contribution in [-0.4, -0.2) is 35.2 Å². The Bertz CT molecular complexity index is 582. The third-order valence-electron chi connectivity index (χ3n) is 3.17. The molecule has 0 radical (unpaired) electrons. The molecule has 1 aliphatic rings. The molecule has 0 saturated carbocycles. The average Bonchev–Trinajstić information content (AvgIpc) is 2.46. The standard InChI is InChI=1S/C14H20N2O3S/c1-19-14-4-2-3-13(9-14)11-20(17,18)16-10-12-5-7-15-8-6-12/h2-5,9,15-16H,6-8,10-11H2,1H3. The molecule has 0 spiro atoms. The smallest absolute Gasteiger partial charge is 0.216 e. The minimum atomic E-state index is -3.33. The Morgan fingerprint density at radius 3 is 2.95 bits per heavy atom. The summed E-state index contributed by atoms with van der Waals surface area (Å²) in [5.74, 6) is 0.634. The fourth-order valence-corrected chi connectivity index (χ4v) is 3.19. The first-order valence-electron chi connectivity index (χ1n) is 6.58. The lowest BCUT2D eigenvalue weighted by molar-refractivity contribution is 0.414. The molecule has 110 valence electrons. The molecule has 1 heterocycles. The van der Waals surface area contributed by atoms with Crippen molar-refractivity contribution in [2.24, 2.45) is 0 Å². The van der Waals surface area contributed by atoms with Crippen LogP contribution >= 0.6 is 0 Å². The van der Waals surface area contributed by atoms with E-state index >= 15 is 0 Å². The molecule has 0 aromatic heterocycles. The fourth-order valence-electron chi connectivity index (χ4n) is 2.07. The molecular formula is C14H20N2O3S. The Kier molecular flexibility index (Phi) is 5.17. The number of hydrogen-bond acceptors (Lipinski definition) is 4. The molecule has 2 N–H and O–H groups in total. The van der Waals surface area contributed by atoms with Crippen LogP contribution in [0.3, 0.4) is 0 Å². The molecule has 5 nitrogen and oxygen atoms in total. The zero-order chi connectivity index (χ0) is 14.4. The maximum absolute atomic E-state index is 12.0. The Morgan fingerprint density at radius 1 is 1.40 bits per heavy atom. The first-order valence-corrected chi connectivity index (χ1v) is 8.23. The van der Waals surface area contributed by atoms with Gasteiger partial charge in [-0.05, 0) is 30.7 Å². The van der Waals surface area contributed by atoms with Gasteiger partial charge in [-0.1, -0.05) is 23.8 Å². The summed E-state index contributed by atoms with van der Waals surface area (Å²) in [7, 11) is -1.76. The summed E-state index contributed by atoms with van der Waals surface area (Å²) in [5, 5.41) is 3.20. The van der Waals surface area contributed by atoms with Crippen molar-refractivity contribution in [2.45, 2.75) is 12.2 Å². The maximum atomic E-state index is 12.0. The Hall–Kier alpha value is -1.37. The van der Waals surface area contributed by atoms with Gasteiger partial charge in [-0.25, -0.2) is 13.1 Å². The summed E-state index contributed by atoms with van der Waals surface area (Å²) in [6.07, 6.45) is 2.93. The highest BCUT2D eigenvalue weighted by Gasteiger charge is 2.13. The van der Waals surface area contributed by atoms with Crippen LogP contribution in [-0.2, 0) is 15.8 Å². The zero-order valence-electron chi connectivity index (χ0n) is 11.6. The van der Waals surface area contributed by atoms with Crippen molar-refractivity contribution in [3.8, 4) is 5.75 Å². The van der Waals surface area contributed by atoms with Gasteiger partial charge in [0.1, 0.15) is 5.75 Å². The van der Waals surface area contributed by atoms with Crippen molar-refractivity contribution in [1.29, 1.82) is 0 Å². The van der Waals surface area contributed by atoms with Crippen LogP contribution in [0, 0.1) is 0 Å². The monoisotopic (exact) mass is 296 g/mol. The van der Waals surface area contributed by atoms with Crippen LogP contribution in [0.25, 0.3) is 0 Å². The van der Waals surface area contributed by atoms with Gasteiger partial charge in [0.25, 0.3) is 0 Å². The number of hydrogen-bond donors (Lipinski definition) is 2. The molecule has 0 amide bonds. The van der Waals surface area contributed by atoms with Gasteiger partial charge in [0.05, 0.1) is 12.9 Å². The van der Waals surface area contributed by atoms with Crippen molar-refractivity contribution in [3.63, 3.8) is 0 Å². The quantitative estimate of drug-likeness (QED) is 0.770. The van der Waals surface area contributed by atoms with E-state index < -0.39 is 10.0 Å². The van der Waals surface area contributed by atoms with Gasteiger partial charge in [0.15, 0.2) is 0 Å². The van der Waals surface area contributed by atoms with E-state index in [2.05, 4.69) is 10.0 Å². The first-order chi connectivity index (χ1) is 9.59. The van der Waals surface area contributed by atoms with Gasteiger partial charge in [-0.15, -0.1) is 0 Å². The molecule has 0 fully saturated rings. The van der Waals surface area contributed by atoms with Crippen LogP contribution in [0.2, 0.25) is 0 Å². The van der Waals surface area contributed by atoms with Crippen LogP contribution in [0.4, 0.5) is 0 Å². The van der Waals surface area contributed by atoms with Gasteiger partial charge in [0, 0.05) is 13.1 Å². The molecule has 0 unspecified atom stereocenters. The van der Waals surface area contributed by atoms with Crippen molar-refractivity contribution in [1.82, 2.24) is 10.0 Å². The second-order valence-electron chi connectivity index (χ2n) is 4.75. The maximum Gasteiger partial charge on any atom is 0.216 e. The SMILES string of the molecule is COc1cccc(CS(=O)(=O)NCC2=CCNCC2)c1. The van der Waals surface area contributed by atoms with Crippen LogP contribution in [0.1, 0.15) is 12.0 Å². The molecule has 0 saturated heterocycles. The van der Waals surface area contributed by atoms with Gasteiger partial charge in [-0.2, -0.15) is 0 Å². The number of nitrogens with one attached hydrogen (secondary N) is 2. The molecule has 6 heteroatoms. The predicted molar refractivity (Wildman–Crippen MR) is 79.2 cm³/mol. The first kappa shape index (κ1) is 15.0. The molecule has 1 aromatic rings. The lowest BCUT2D eigenvalue weighted by Gasteiger charge is -2.14. The van der Waals surface area contributed by atoms with Gasteiger partial charge < -0.3 is 10.1 Å². The number of methoxy groups -OCH3 is 1. The molecule has 0 atom stereocenters. The van der Waals surface area contributed by atoms with Gasteiger partial charge >= 0.3 is 0 Å². The summed E-state index contributed by atoms with van der Waals surface area (Å²) in [4.78, 5) is 0. The van der Waals surface area contributed by atoms with Crippen molar-refractivity contribution < 1.29 is 13.2 Å². The van der Waals surface area contributed by atoms with E-state index in [-0.39, 0.29) is 5.75 Å². The minimum absolute atomic E-state index is 0.0320. The van der Waals surface area contributed by atoms with Crippen molar-refractivity contribution >= 4 is 10.0 Å². The number of sulfonamides is 1. The lowest BCUT2D eigenvalue weighted by atomic mass is 10.1. The fraction of sp³-hybridized carbons (Fsp3) is 0.429. The number of ether oxygens (including phenoxy) is 1. The molecule has 1 aromatic carbocycles. The Morgan fingerprint density at radius 2 is 2.25 bits per heavy atom. The largest absolute Gasteiger partial charge is 0.497 e. The summed E-state index contributed by atoms with van der Waals surface area (Å²) in [5.41, 5.74) is 1.86. The number of benzene rings is 1. The summed E-state index contributed by atoms with van der Waals surface area (Å²) >= 11 is 0. The summed E-state index contributed by atoms with van der Waals surface area (Å²) in [6.45, 7) is 2.12. The molecule has 0 aliphatic carbocycles. The van der Waals surface area contributed by atoms with E-state index in [4.69, 9.17) is 4.74 Å². The highest BCUT2D eigenvalue weighted by Crippen LogP contribution is 2.14. The molecule has 0 bridgehead atoms. The minimum Gasteiger partial charge on any atom is -0.497 e. The highest BCUT2D eigenvalue weighted by atomic mass is 32.2. The van der Waals surface area contributed by atoms with Crippen LogP contribution in [0.5, 0.6) is 5.75 Å². The normalized spacial score (nSPS) is 15.8. The van der Waals surface area contributed by atoms with E-state index in [1.807, 2.05) is 6.08 Å². The average molecular weight is 296 g/mol. The van der Waals surface area contributed by atoms with Crippen molar-refractivity contribution in [2.75, 3.05) is 26.7 Å². The third kappa shape index (κ3) is 4.63. The summed E-state index contributed by atoms with van der Waals surface area (Å²) < 4.78 is 31.8. The molecular weight excluding hydrogens is 276 g/mol. The van der Waals surface area contributed by atoms with E-state index in [9.17, 15) is 8.42 Å². The van der Waals surface area contributed by atoms with E-state index in [1.54, 1.807) is 31.4 Å². The Labute approximate surface area is 120 Å². The zero-order valence-corrected chi connectivity index (χ0v) is 12.4. The lowest BCUT2D eigenvalue weighted by Crippen LogP contribution is -2.30. The second kappa shape index (κ2) is 6.88. The van der Waals surface area contributed by atoms with Crippen molar-refractivity contribution in [3.05, 3.63) is 41.5 Å². The molecule has 1 aliphatic heterocycles. The third-order valence-corrected chi connectivity index (χ3v) is 4.47. The van der Waals surface area contributed by atoms with E-state index in [0.29, 0.717) is 12.3 Å². The topological polar surface area (TPSA) is 67.4 Å². The summed E-state index contributed by atoms with van der Waals surface area (Å²) in [6, 6.07) is 7.11. The van der Waals surface area contributed by atoms with E-state index in [1.165, 1.54) is 0 Å². The van der Waals surface area contributed by atoms with Gasteiger partial charge in [0.2, 0.25) is 10.0 Å². The second-order valence-corrected chi connectivity index (χ2v) is 6.56. The predicted octanol–water partition coefficient (Wildman–Crippen LogP) is 1.03. The Balaban J connectivity index is 1.94. The highest BCUT2D eigenvalue weighted by molar-refractivity contribution is 7.88. The number of rotatable bonds is 6. The molecule has 2 rings (SSSR count). The molecule has 20 heavy (non-hydrogen) atoms. The van der Waals surface area contributed by atoms with Crippen LogP contribution in [0.15, 0.2) is 35.9 Å². The van der Waals surface area contributed by atoms with Gasteiger partial charge in [-0.3, -0.25) is 0 Å². The van der Waals surface area contributed by atoms with Crippen LogP contribution < -0.4 is 14.8 Å². The van der Waals surface area contributed by atoms with E-state index in [0.717, 1.165) is 30.6 Å².